The summed E-state index contributed by atoms with van der Waals surface area (Å²) in [6.45, 7) is 8.79. The zero-order valence-electron chi connectivity index (χ0n) is 15.9. The van der Waals surface area contributed by atoms with Crippen LogP contribution in [0.2, 0.25) is 0 Å². The van der Waals surface area contributed by atoms with Gasteiger partial charge in [0.25, 0.3) is 0 Å². The van der Waals surface area contributed by atoms with Crippen molar-refractivity contribution in [2.24, 2.45) is 10.4 Å². The van der Waals surface area contributed by atoms with Crippen LogP contribution < -0.4 is 10.6 Å². The Bertz CT molecular complexity index is 434. The molecule has 0 aromatic heterocycles. The first-order valence-electron chi connectivity index (χ1n) is 10.1. The zero-order valence-corrected chi connectivity index (χ0v) is 15.9. The molecule has 0 aromatic rings. The van der Waals surface area contributed by atoms with E-state index >= 15 is 0 Å². The summed E-state index contributed by atoms with van der Waals surface area (Å²) in [5.41, 5.74) is 0.350. The molecule has 0 radical (unpaired) electrons. The summed E-state index contributed by atoms with van der Waals surface area (Å²) in [6.07, 6.45) is 7.98. The smallest absolute Gasteiger partial charge is 0.191 e. The SMILES string of the molecule is CCNC(=NCCOCC1CCCO1)NC1CC(OCC)C12CCC2. The fourth-order valence-corrected chi connectivity index (χ4v) is 4.34. The highest BCUT2D eigenvalue weighted by Crippen LogP contribution is 2.57. The molecule has 3 atom stereocenters. The van der Waals surface area contributed by atoms with E-state index in [4.69, 9.17) is 14.2 Å². The monoisotopic (exact) mass is 353 g/mol. The molecule has 1 heterocycles. The van der Waals surface area contributed by atoms with Crippen LogP contribution >= 0.6 is 0 Å². The van der Waals surface area contributed by atoms with Gasteiger partial charge in [-0.2, -0.15) is 0 Å². The standard InChI is InChI=1S/C19H35N3O3/c1-3-20-18(21-10-12-23-14-15-7-5-11-25-15)22-16-13-17(24-4-2)19(16)8-6-9-19/h15-17H,3-14H2,1-2H3,(H2,20,21,22). The Morgan fingerprint density at radius 2 is 2.16 bits per heavy atom. The van der Waals surface area contributed by atoms with Gasteiger partial charge in [-0.25, -0.2) is 0 Å². The number of nitrogens with zero attached hydrogens (tertiary/aromatic N) is 1. The molecule has 3 rings (SSSR count). The predicted molar refractivity (Wildman–Crippen MR) is 99.0 cm³/mol. The van der Waals surface area contributed by atoms with Crippen LogP contribution in [0.15, 0.2) is 4.99 Å². The quantitative estimate of drug-likeness (QED) is 0.377. The van der Waals surface area contributed by atoms with Crippen molar-refractivity contribution in [2.45, 2.75) is 70.6 Å². The van der Waals surface area contributed by atoms with E-state index in [-0.39, 0.29) is 0 Å². The van der Waals surface area contributed by atoms with E-state index in [1.54, 1.807) is 0 Å². The van der Waals surface area contributed by atoms with Crippen molar-refractivity contribution in [1.82, 2.24) is 10.6 Å². The van der Waals surface area contributed by atoms with E-state index in [0.29, 0.717) is 43.4 Å². The molecule has 6 heteroatoms. The molecule has 1 saturated heterocycles. The second-order valence-electron chi connectivity index (χ2n) is 7.43. The van der Waals surface area contributed by atoms with Gasteiger partial charge < -0.3 is 24.8 Å². The van der Waals surface area contributed by atoms with Crippen molar-refractivity contribution in [3.8, 4) is 0 Å². The summed E-state index contributed by atoms with van der Waals surface area (Å²) in [5.74, 6) is 0.912. The van der Waals surface area contributed by atoms with Crippen LogP contribution in [-0.4, -0.2) is 63.7 Å². The summed E-state index contributed by atoms with van der Waals surface area (Å²) in [7, 11) is 0. The van der Waals surface area contributed by atoms with Crippen molar-refractivity contribution in [3.05, 3.63) is 0 Å². The molecule has 1 spiro atoms. The molecule has 3 aliphatic rings. The number of nitrogens with one attached hydrogen (secondary N) is 2. The predicted octanol–water partition coefficient (Wildman–Crippen LogP) is 2.08. The van der Waals surface area contributed by atoms with Crippen LogP contribution in [0.5, 0.6) is 0 Å². The van der Waals surface area contributed by atoms with Gasteiger partial charge in [0, 0.05) is 31.2 Å². The van der Waals surface area contributed by atoms with Crippen molar-refractivity contribution < 1.29 is 14.2 Å². The highest BCUT2D eigenvalue weighted by Gasteiger charge is 2.59. The fraction of sp³-hybridized carbons (Fsp3) is 0.947. The first-order valence-corrected chi connectivity index (χ1v) is 10.1. The van der Waals surface area contributed by atoms with E-state index < -0.39 is 0 Å². The average Bonchev–Trinajstić information content (AvgIpc) is 3.05. The van der Waals surface area contributed by atoms with Gasteiger partial charge in [-0.15, -0.1) is 0 Å². The number of rotatable bonds is 9. The van der Waals surface area contributed by atoms with Crippen molar-refractivity contribution in [3.63, 3.8) is 0 Å². The molecule has 3 unspecified atom stereocenters. The number of ether oxygens (including phenoxy) is 3. The van der Waals surface area contributed by atoms with Gasteiger partial charge in [-0.05, 0) is 46.0 Å². The van der Waals surface area contributed by atoms with Gasteiger partial charge in [0.15, 0.2) is 5.96 Å². The minimum Gasteiger partial charge on any atom is -0.378 e. The third kappa shape index (κ3) is 4.47. The molecule has 144 valence electrons. The van der Waals surface area contributed by atoms with E-state index in [9.17, 15) is 0 Å². The maximum atomic E-state index is 5.94. The zero-order chi connectivity index (χ0) is 17.5. The Kier molecular flexibility index (Phi) is 6.96. The third-order valence-corrected chi connectivity index (χ3v) is 5.93. The molecule has 25 heavy (non-hydrogen) atoms. The molecular formula is C19H35N3O3. The molecule has 3 fully saturated rings. The minimum atomic E-state index is 0.291. The topological polar surface area (TPSA) is 64.1 Å². The fourth-order valence-electron chi connectivity index (χ4n) is 4.34. The summed E-state index contributed by atoms with van der Waals surface area (Å²) in [4.78, 5) is 4.68. The summed E-state index contributed by atoms with van der Waals surface area (Å²) in [5, 5.41) is 7.01. The maximum absolute atomic E-state index is 5.94. The average molecular weight is 354 g/mol. The van der Waals surface area contributed by atoms with Crippen molar-refractivity contribution in [1.29, 1.82) is 0 Å². The van der Waals surface area contributed by atoms with Crippen LogP contribution in [0.3, 0.4) is 0 Å². The lowest BCUT2D eigenvalue weighted by Gasteiger charge is -2.61. The Morgan fingerprint density at radius 1 is 1.28 bits per heavy atom. The summed E-state index contributed by atoms with van der Waals surface area (Å²) < 4.78 is 17.2. The van der Waals surface area contributed by atoms with Crippen LogP contribution in [-0.2, 0) is 14.2 Å². The Labute approximate surface area is 152 Å². The molecule has 2 aliphatic carbocycles. The van der Waals surface area contributed by atoms with Crippen molar-refractivity contribution in [2.75, 3.05) is 39.5 Å². The number of aliphatic imine (C=N–C) groups is 1. The van der Waals surface area contributed by atoms with Crippen LogP contribution in [0.25, 0.3) is 0 Å². The number of guanidine groups is 1. The first kappa shape index (κ1) is 18.9. The lowest BCUT2D eigenvalue weighted by Crippen LogP contribution is -2.68. The van der Waals surface area contributed by atoms with Crippen LogP contribution in [0, 0.1) is 5.41 Å². The second kappa shape index (κ2) is 9.19. The Morgan fingerprint density at radius 3 is 2.80 bits per heavy atom. The van der Waals surface area contributed by atoms with Gasteiger partial charge in [0.05, 0.1) is 32.0 Å². The number of hydrogen-bond acceptors (Lipinski definition) is 4. The van der Waals surface area contributed by atoms with Crippen molar-refractivity contribution >= 4 is 5.96 Å². The molecule has 1 aliphatic heterocycles. The summed E-state index contributed by atoms with van der Waals surface area (Å²) >= 11 is 0. The van der Waals surface area contributed by atoms with Gasteiger partial charge in [-0.1, -0.05) is 6.42 Å². The lowest BCUT2D eigenvalue weighted by atomic mass is 9.51. The van der Waals surface area contributed by atoms with E-state index in [1.165, 1.54) is 19.3 Å². The highest BCUT2D eigenvalue weighted by atomic mass is 16.5. The molecule has 0 amide bonds. The van der Waals surface area contributed by atoms with Gasteiger partial charge in [-0.3, -0.25) is 4.99 Å². The van der Waals surface area contributed by atoms with Crippen LogP contribution in [0.4, 0.5) is 0 Å². The molecule has 0 aromatic carbocycles. The van der Waals surface area contributed by atoms with Crippen LogP contribution in [0.1, 0.15) is 52.4 Å². The molecule has 0 bridgehead atoms. The highest BCUT2D eigenvalue weighted by molar-refractivity contribution is 5.80. The van der Waals surface area contributed by atoms with E-state index in [1.807, 2.05) is 0 Å². The first-order chi connectivity index (χ1) is 12.3. The summed E-state index contributed by atoms with van der Waals surface area (Å²) in [6, 6.07) is 0.489. The largest absolute Gasteiger partial charge is 0.378 e. The van der Waals surface area contributed by atoms with E-state index in [0.717, 1.165) is 45.0 Å². The normalized spacial score (nSPS) is 30.8. The van der Waals surface area contributed by atoms with E-state index in [2.05, 4.69) is 29.5 Å². The Hall–Kier alpha value is -0.850. The minimum absolute atomic E-state index is 0.291. The Balaban J connectivity index is 1.41. The van der Waals surface area contributed by atoms with Gasteiger partial charge in [0.2, 0.25) is 0 Å². The lowest BCUT2D eigenvalue weighted by molar-refractivity contribution is -0.168. The third-order valence-electron chi connectivity index (χ3n) is 5.93. The molecule has 2 N–H and O–H groups in total. The maximum Gasteiger partial charge on any atom is 0.191 e. The molecule has 6 nitrogen and oxygen atoms in total. The number of hydrogen-bond donors (Lipinski definition) is 2. The second-order valence-corrected chi connectivity index (χ2v) is 7.43. The molecule has 2 saturated carbocycles. The van der Waals surface area contributed by atoms with Gasteiger partial charge in [0.1, 0.15) is 0 Å². The van der Waals surface area contributed by atoms with Gasteiger partial charge >= 0.3 is 0 Å². The molecular weight excluding hydrogens is 318 g/mol.